The molecule has 1 N–H and O–H groups in total. The molecule has 0 aliphatic carbocycles. The molecule has 2 heterocycles. The summed E-state index contributed by atoms with van der Waals surface area (Å²) in [5.41, 5.74) is 3.69. The Morgan fingerprint density at radius 2 is 1.80 bits per heavy atom. The summed E-state index contributed by atoms with van der Waals surface area (Å²) in [6, 6.07) is 9.80. The minimum atomic E-state index is 0.404. The molecule has 0 spiro atoms. The number of hydrogen-bond donors (Lipinski definition) is 1. The number of nitrogens with zero attached hydrogens (tertiary/aromatic N) is 4. The van der Waals surface area contributed by atoms with Crippen LogP contribution in [0.3, 0.4) is 0 Å². The van der Waals surface area contributed by atoms with Crippen molar-refractivity contribution < 1.29 is 0 Å². The van der Waals surface area contributed by atoms with Gasteiger partial charge < -0.3 is 10.2 Å². The molecule has 0 amide bonds. The van der Waals surface area contributed by atoms with E-state index in [2.05, 4.69) is 78.4 Å². The van der Waals surface area contributed by atoms with Gasteiger partial charge in [0, 0.05) is 67.9 Å². The van der Waals surface area contributed by atoms with E-state index < -0.39 is 0 Å². The third-order valence-corrected chi connectivity index (χ3v) is 4.94. The first kappa shape index (κ1) is 17.8. The van der Waals surface area contributed by atoms with Gasteiger partial charge in [0.25, 0.3) is 0 Å². The van der Waals surface area contributed by atoms with Gasteiger partial charge in [-0.05, 0) is 45.9 Å². The molecule has 1 aliphatic rings. The maximum Gasteiger partial charge on any atom is 0.0539 e. The Kier molecular flexibility index (Phi) is 5.63. The van der Waals surface area contributed by atoms with E-state index in [-0.39, 0.29) is 0 Å². The standard InChI is InChI=1S/C20H31N5/c1-16(2)23-8-10-24(11-9-23)20-7-5-6-19(12-20)21-13-18-14-22-25(15-18)17(3)4/h5-7,12,14-17,21H,8-11,13H2,1-4H3. The summed E-state index contributed by atoms with van der Waals surface area (Å²) in [7, 11) is 0. The lowest BCUT2D eigenvalue weighted by Gasteiger charge is -2.38. The Labute approximate surface area is 151 Å². The molecule has 1 saturated heterocycles. The van der Waals surface area contributed by atoms with Gasteiger partial charge in [-0.25, -0.2) is 0 Å². The number of hydrogen-bond acceptors (Lipinski definition) is 4. The number of nitrogens with one attached hydrogen (secondary N) is 1. The molecule has 0 bridgehead atoms. The molecule has 1 aliphatic heterocycles. The normalized spacial score (nSPS) is 16.0. The van der Waals surface area contributed by atoms with Crippen LogP contribution in [-0.2, 0) is 6.54 Å². The Balaban J connectivity index is 1.58. The fraction of sp³-hybridized carbons (Fsp3) is 0.550. The minimum Gasteiger partial charge on any atom is -0.381 e. The summed E-state index contributed by atoms with van der Waals surface area (Å²) < 4.78 is 2.00. The molecule has 2 aromatic rings. The van der Waals surface area contributed by atoms with Crippen molar-refractivity contribution in [1.82, 2.24) is 14.7 Å². The maximum absolute atomic E-state index is 4.40. The predicted octanol–water partition coefficient (Wildman–Crippen LogP) is 3.61. The third-order valence-electron chi connectivity index (χ3n) is 4.94. The van der Waals surface area contributed by atoms with E-state index in [1.165, 1.54) is 16.9 Å². The number of aromatic nitrogens is 2. The van der Waals surface area contributed by atoms with E-state index >= 15 is 0 Å². The summed E-state index contributed by atoms with van der Waals surface area (Å²) >= 11 is 0. The first-order chi connectivity index (χ1) is 12.0. The van der Waals surface area contributed by atoms with E-state index in [1.54, 1.807) is 0 Å². The topological polar surface area (TPSA) is 36.3 Å². The smallest absolute Gasteiger partial charge is 0.0539 e. The van der Waals surface area contributed by atoms with Gasteiger partial charge in [0.05, 0.1) is 6.20 Å². The van der Waals surface area contributed by atoms with Crippen LogP contribution in [0.2, 0.25) is 0 Å². The molecule has 1 aromatic heterocycles. The molecule has 5 nitrogen and oxygen atoms in total. The van der Waals surface area contributed by atoms with E-state index in [0.717, 1.165) is 32.7 Å². The van der Waals surface area contributed by atoms with E-state index in [0.29, 0.717) is 12.1 Å². The average molecular weight is 342 g/mol. The van der Waals surface area contributed by atoms with Crippen molar-refractivity contribution in [2.75, 3.05) is 36.4 Å². The van der Waals surface area contributed by atoms with E-state index in [4.69, 9.17) is 0 Å². The third kappa shape index (κ3) is 4.54. The molecule has 0 saturated carbocycles. The van der Waals surface area contributed by atoms with Crippen molar-refractivity contribution in [3.05, 3.63) is 42.2 Å². The van der Waals surface area contributed by atoms with Gasteiger partial charge in [-0.3, -0.25) is 9.58 Å². The zero-order chi connectivity index (χ0) is 17.8. The van der Waals surface area contributed by atoms with Crippen LogP contribution in [0.5, 0.6) is 0 Å². The second-order valence-corrected chi connectivity index (χ2v) is 7.44. The SMILES string of the molecule is CC(C)N1CCN(c2cccc(NCc3cnn(C(C)C)c3)c2)CC1. The van der Waals surface area contributed by atoms with Crippen LogP contribution in [0.1, 0.15) is 39.3 Å². The quantitative estimate of drug-likeness (QED) is 0.871. The largest absolute Gasteiger partial charge is 0.381 e. The molecular weight excluding hydrogens is 310 g/mol. The predicted molar refractivity (Wildman–Crippen MR) is 105 cm³/mol. The highest BCUT2D eigenvalue weighted by molar-refractivity contribution is 5.58. The summed E-state index contributed by atoms with van der Waals surface area (Å²) in [5.74, 6) is 0. The summed E-state index contributed by atoms with van der Waals surface area (Å²) in [4.78, 5) is 5.03. The van der Waals surface area contributed by atoms with Gasteiger partial charge in [0.1, 0.15) is 0 Å². The van der Waals surface area contributed by atoms with Gasteiger partial charge in [-0.2, -0.15) is 5.10 Å². The Morgan fingerprint density at radius 1 is 1.04 bits per heavy atom. The van der Waals surface area contributed by atoms with Crippen LogP contribution in [0.25, 0.3) is 0 Å². The Bertz CT molecular complexity index is 668. The van der Waals surface area contributed by atoms with E-state index in [9.17, 15) is 0 Å². The summed E-state index contributed by atoms with van der Waals surface area (Å²) in [5, 5.41) is 7.93. The highest BCUT2D eigenvalue weighted by Gasteiger charge is 2.19. The van der Waals surface area contributed by atoms with Crippen LogP contribution < -0.4 is 10.2 Å². The summed E-state index contributed by atoms with van der Waals surface area (Å²) in [6.45, 7) is 14.1. The Morgan fingerprint density at radius 3 is 2.44 bits per heavy atom. The molecule has 0 unspecified atom stereocenters. The van der Waals surface area contributed by atoms with Crippen molar-refractivity contribution in [1.29, 1.82) is 0 Å². The van der Waals surface area contributed by atoms with Crippen molar-refractivity contribution in [3.8, 4) is 0 Å². The van der Waals surface area contributed by atoms with Crippen LogP contribution in [0.15, 0.2) is 36.7 Å². The molecule has 136 valence electrons. The van der Waals surface area contributed by atoms with Crippen molar-refractivity contribution in [2.24, 2.45) is 0 Å². The first-order valence-electron chi connectivity index (χ1n) is 9.39. The lowest BCUT2D eigenvalue weighted by atomic mass is 10.2. The van der Waals surface area contributed by atoms with Crippen molar-refractivity contribution in [3.63, 3.8) is 0 Å². The Hall–Kier alpha value is -2.01. The van der Waals surface area contributed by atoms with Gasteiger partial charge in [-0.1, -0.05) is 6.07 Å². The van der Waals surface area contributed by atoms with Gasteiger partial charge >= 0.3 is 0 Å². The molecule has 25 heavy (non-hydrogen) atoms. The lowest BCUT2D eigenvalue weighted by molar-refractivity contribution is 0.209. The van der Waals surface area contributed by atoms with Crippen LogP contribution in [0.4, 0.5) is 11.4 Å². The van der Waals surface area contributed by atoms with Crippen LogP contribution in [-0.4, -0.2) is 46.9 Å². The molecular formula is C20H31N5. The second-order valence-electron chi connectivity index (χ2n) is 7.44. The molecule has 1 aromatic carbocycles. The highest BCUT2D eigenvalue weighted by atomic mass is 15.3. The van der Waals surface area contributed by atoms with Crippen LogP contribution in [0, 0.1) is 0 Å². The van der Waals surface area contributed by atoms with E-state index in [1.807, 2.05) is 10.9 Å². The number of benzene rings is 1. The van der Waals surface area contributed by atoms with Gasteiger partial charge in [-0.15, -0.1) is 0 Å². The van der Waals surface area contributed by atoms with Crippen molar-refractivity contribution in [2.45, 2.75) is 46.3 Å². The van der Waals surface area contributed by atoms with Gasteiger partial charge in [0.2, 0.25) is 0 Å². The highest BCUT2D eigenvalue weighted by Crippen LogP contribution is 2.22. The summed E-state index contributed by atoms with van der Waals surface area (Å²) in [6.07, 6.45) is 4.06. The second kappa shape index (κ2) is 7.91. The monoisotopic (exact) mass is 341 g/mol. The maximum atomic E-state index is 4.40. The number of piperazine rings is 1. The number of anilines is 2. The van der Waals surface area contributed by atoms with Crippen LogP contribution >= 0.6 is 0 Å². The molecule has 5 heteroatoms. The number of rotatable bonds is 6. The average Bonchev–Trinajstić information content (AvgIpc) is 3.10. The molecule has 0 atom stereocenters. The zero-order valence-electron chi connectivity index (χ0n) is 15.9. The minimum absolute atomic E-state index is 0.404. The van der Waals surface area contributed by atoms with Crippen molar-refractivity contribution >= 4 is 11.4 Å². The molecule has 1 fully saturated rings. The lowest BCUT2D eigenvalue weighted by Crippen LogP contribution is -2.48. The molecule has 3 rings (SSSR count). The fourth-order valence-corrected chi connectivity index (χ4v) is 3.26. The molecule has 0 radical (unpaired) electrons. The fourth-order valence-electron chi connectivity index (χ4n) is 3.26. The van der Waals surface area contributed by atoms with Gasteiger partial charge in [0.15, 0.2) is 0 Å². The zero-order valence-corrected chi connectivity index (χ0v) is 15.9. The first-order valence-corrected chi connectivity index (χ1v) is 9.39.